The molecule has 2 aliphatic carbocycles. The molecule has 2 saturated carbocycles. The molecule has 4 N–H and O–H groups in total. The second kappa shape index (κ2) is 10.1. The minimum absolute atomic E-state index is 0.0335. The molecule has 2 aromatic heterocycles. The lowest BCUT2D eigenvalue weighted by molar-refractivity contribution is 0.00107. The smallest absolute Gasteiger partial charge is 0.191 e. The summed E-state index contributed by atoms with van der Waals surface area (Å²) in [5.74, 6) is 1.75. The lowest BCUT2D eigenvalue weighted by atomic mass is 10.0. The van der Waals surface area contributed by atoms with E-state index in [9.17, 15) is 15.3 Å². The summed E-state index contributed by atoms with van der Waals surface area (Å²) in [7, 11) is 0. The van der Waals surface area contributed by atoms with Gasteiger partial charge in [-0.2, -0.15) is 0 Å². The van der Waals surface area contributed by atoms with Crippen LogP contribution in [-0.4, -0.2) is 70.9 Å². The third kappa shape index (κ3) is 4.68. The molecule has 0 amide bonds. The monoisotopic (exact) mass is 548 g/mol. The Kier molecular flexibility index (Phi) is 7.08. The van der Waals surface area contributed by atoms with Crippen LogP contribution in [0.25, 0.3) is 11.2 Å². The van der Waals surface area contributed by atoms with E-state index in [1.165, 1.54) is 5.56 Å². The Morgan fingerprint density at radius 2 is 1.94 bits per heavy atom. The molecule has 2 aliphatic rings. The maximum atomic E-state index is 10.7. The number of benzene rings is 1. The molecule has 2 unspecified atom stereocenters. The van der Waals surface area contributed by atoms with Crippen molar-refractivity contribution < 1.29 is 15.3 Å². The number of anilines is 1. The molecule has 0 spiro atoms. The Balaban J connectivity index is 1.44. The highest BCUT2D eigenvalue weighted by Gasteiger charge is 2.44. The molecule has 2 heterocycles. The van der Waals surface area contributed by atoms with E-state index in [4.69, 9.17) is 9.97 Å². The van der Waals surface area contributed by atoms with Crippen LogP contribution in [0.2, 0.25) is 0 Å². The largest absolute Gasteiger partial charge is 0.396 e. The molecule has 2 fully saturated rings. The Labute approximate surface area is 210 Å². The molecule has 6 atom stereocenters. The quantitative estimate of drug-likeness (QED) is 0.235. The van der Waals surface area contributed by atoms with Crippen molar-refractivity contribution in [1.29, 1.82) is 0 Å². The zero-order valence-electron chi connectivity index (χ0n) is 18.9. The third-order valence-electron chi connectivity index (χ3n) is 6.73. The number of hydrogen-bond acceptors (Lipinski definition) is 9. The minimum Gasteiger partial charge on any atom is -0.396 e. The van der Waals surface area contributed by atoms with Gasteiger partial charge in [-0.15, -0.1) is 5.10 Å². The highest BCUT2D eigenvalue weighted by atomic mass is 79.9. The predicted molar refractivity (Wildman–Crippen MR) is 134 cm³/mol. The summed E-state index contributed by atoms with van der Waals surface area (Å²) in [5.41, 5.74) is 2.40. The molecule has 9 nitrogen and oxygen atoms in total. The highest BCUT2D eigenvalue weighted by molar-refractivity contribution is 9.10. The third-order valence-corrected chi connectivity index (χ3v) is 8.32. The van der Waals surface area contributed by atoms with Gasteiger partial charge < -0.3 is 20.6 Å². The van der Waals surface area contributed by atoms with Gasteiger partial charge in [-0.1, -0.05) is 52.0 Å². The first-order valence-electron chi connectivity index (χ1n) is 11.7. The lowest BCUT2D eigenvalue weighted by Crippen LogP contribution is -2.30. The average Bonchev–Trinajstić information content (AvgIpc) is 3.38. The molecular formula is C23H29BrN6O3S. The van der Waals surface area contributed by atoms with Crippen molar-refractivity contribution in [1.82, 2.24) is 25.0 Å². The highest BCUT2D eigenvalue weighted by Crippen LogP contribution is 2.44. The van der Waals surface area contributed by atoms with Crippen LogP contribution in [0, 0.1) is 5.92 Å². The van der Waals surface area contributed by atoms with Crippen molar-refractivity contribution in [3.05, 3.63) is 34.3 Å². The number of halogens is 1. The number of nitrogens with one attached hydrogen (secondary N) is 1. The number of hydrogen-bond donors (Lipinski definition) is 4. The van der Waals surface area contributed by atoms with E-state index in [1.807, 2.05) is 0 Å². The molecule has 0 bridgehead atoms. The summed E-state index contributed by atoms with van der Waals surface area (Å²) in [6, 6.07) is 8.19. The van der Waals surface area contributed by atoms with Crippen LogP contribution in [-0.2, 0) is 0 Å². The van der Waals surface area contributed by atoms with Gasteiger partial charge >= 0.3 is 0 Å². The Morgan fingerprint density at radius 1 is 1.15 bits per heavy atom. The van der Waals surface area contributed by atoms with E-state index in [0.717, 1.165) is 23.1 Å². The van der Waals surface area contributed by atoms with Gasteiger partial charge in [0, 0.05) is 28.8 Å². The summed E-state index contributed by atoms with van der Waals surface area (Å²) >= 11 is 5.07. The number of fused-ring (bicyclic) bond motifs is 1. The van der Waals surface area contributed by atoms with Crippen molar-refractivity contribution >= 4 is 44.7 Å². The van der Waals surface area contributed by atoms with Crippen LogP contribution < -0.4 is 5.32 Å². The number of aliphatic hydroxyl groups is 3. The van der Waals surface area contributed by atoms with E-state index < -0.39 is 18.2 Å². The number of rotatable bonds is 9. The molecule has 0 saturated heterocycles. The van der Waals surface area contributed by atoms with E-state index in [0.29, 0.717) is 40.9 Å². The van der Waals surface area contributed by atoms with Gasteiger partial charge in [0.05, 0.1) is 12.1 Å². The summed E-state index contributed by atoms with van der Waals surface area (Å²) in [6.07, 6.45) is 1.03. The second-order valence-corrected chi connectivity index (χ2v) is 11.1. The lowest BCUT2D eigenvalue weighted by Gasteiger charge is -2.17. The van der Waals surface area contributed by atoms with E-state index in [2.05, 4.69) is 62.7 Å². The van der Waals surface area contributed by atoms with Gasteiger partial charge in [0.15, 0.2) is 22.1 Å². The van der Waals surface area contributed by atoms with Crippen LogP contribution in [0.3, 0.4) is 0 Å². The summed E-state index contributed by atoms with van der Waals surface area (Å²) < 4.78 is 2.69. The van der Waals surface area contributed by atoms with Crippen LogP contribution >= 0.6 is 27.7 Å². The van der Waals surface area contributed by atoms with Gasteiger partial charge in [-0.05, 0) is 49.3 Å². The van der Waals surface area contributed by atoms with Crippen LogP contribution in [0.5, 0.6) is 0 Å². The second-order valence-electron chi connectivity index (χ2n) is 9.11. The van der Waals surface area contributed by atoms with Gasteiger partial charge in [0.25, 0.3) is 0 Å². The molecule has 34 heavy (non-hydrogen) atoms. The zero-order valence-corrected chi connectivity index (χ0v) is 21.3. The van der Waals surface area contributed by atoms with Crippen molar-refractivity contribution in [2.24, 2.45) is 5.92 Å². The van der Waals surface area contributed by atoms with Gasteiger partial charge in [-0.25, -0.2) is 14.6 Å². The van der Waals surface area contributed by atoms with Crippen molar-refractivity contribution in [2.45, 2.75) is 68.0 Å². The van der Waals surface area contributed by atoms with E-state index >= 15 is 0 Å². The first kappa shape index (κ1) is 23.9. The van der Waals surface area contributed by atoms with Gasteiger partial charge in [0.1, 0.15) is 6.10 Å². The Bertz CT molecular complexity index is 1150. The van der Waals surface area contributed by atoms with Gasteiger partial charge in [0.2, 0.25) is 0 Å². The first-order chi connectivity index (χ1) is 16.5. The normalized spacial score (nSPS) is 28.5. The standard InChI is InChI=1S/C23H29BrN6O3S/c1-2-9-34-23-26-21(25-16-11-15(16)12-3-5-14(24)6-4-12)18-22(27-23)30(29-28-18)17-10-13(7-8-31)19(32)20(17)33/h3-6,13,15-17,19-20,31-33H,2,7-11H2,1H3,(H,25,26,27)/t13-,15?,16?,17+,19+,20-/m0/s1. The fraction of sp³-hybridized carbons (Fsp3) is 0.565. The van der Waals surface area contributed by atoms with Crippen LogP contribution in [0.1, 0.15) is 50.1 Å². The number of aliphatic hydroxyl groups excluding tert-OH is 3. The van der Waals surface area contributed by atoms with Crippen molar-refractivity contribution in [3.63, 3.8) is 0 Å². The van der Waals surface area contributed by atoms with Crippen LogP contribution in [0.15, 0.2) is 33.9 Å². The van der Waals surface area contributed by atoms with Crippen LogP contribution in [0.4, 0.5) is 5.82 Å². The maximum absolute atomic E-state index is 10.7. The molecular weight excluding hydrogens is 520 g/mol. The fourth-order valence-corrected chi connectivity index (χ4v) is 5.75. The maximum Gasteiger partial charge on any atom is 0.191 e. The molecule has 182 valence electrons. The number of nitrogens with zero attached hydrogens (tertiary/aromatic N) is 5. The number of aromatic nitrogens is 5. The van der Waals surface area contributed by atoms with Crippen molar-refractivity contribution in [2.75, 3.05) is 17.7 Å². The predicted octanol–water partition coefficient (Wildman–Crippen LogP) is 3.12. The van der Waals surface area contributed by atoms with Gasteiger partial charge in [-0.3, -0.25) is 0 Å². The molecule has 11 heteroatoms. The average molecular weight is 549 g/mol. The number of thioether (sulfide) groups is 1. The molecule has 0 radical (unpaired) electrons. The summed E-state index contributed by atoms with van der Waals surface area (Å²) in [6.45, 7) is 2.08. The summed E-state index contributed by atoms with van der Waals surface area (Å²) in [5, 5.41) is 43.4. The molecule has 3 aromatic rings. The van der Waals surface area contributed by atoms with Crippen molar-refractivity contribution in [3.8, 4) is 0 Å². The zero-order chi connectivity index (χ0) is 23.8. The summed E-state index contributed by atoms with van der Waals surface area (Å²) in [4.78, 5) is 9.48. The first-order valence-corrected chi connectivity index (χ1v) is 13.5. The SMILES string of the molecule is CCCSc1nc(NC2CC2c2ccc(Br)cc2)c2nnn([C@@H]3C[C@H](CCO)[C@@H](O)[C@H]3O)c2n1. The Hall–Kier alpha value is -1.79. The fourth-order valence-electron chi connectivity index (χ4n) is 4.79. The molecule has 1 aromatic carbocycles. The Morgan fingerprint density at radius 3 is 2.68 bits per heavy atom. The topological polar surface area (TPSA) is 129 Å². The van der Waals surface area contributed by atoms with E-state index in [1.54, 1.807) is 16.4 Å². The molecule has 5 rings (SSSR count). The minimum atomic E-state index is -0.996. The van der Waals surface area contributed by atoms with E-state index in [-0.39, 0.29) is 18.6 Å². The molecule has 0 aliphatic heterocycles.